The lowest BCUT2D eigenvalue weighted by Gasteiger charge is -2.09. The Hall–Kier alpha value is -1.79. The average Bonchev–Trinajstić information content (AvgIpc) is 2.66. The topological polar surface area (TPSA) is 47.6 Å². The second kappa shape index (κ2) is 11.8. The number of para-hydroxylation sites is 1. The molecule has 26 heavy (non-hydrogen) atoms. The van der Waals surface area contributed by atoms with Gasteiger partial charge in [0.15, 0.2) is 0 Å². The lowest BCUT2D eigenvalue weighted by Crippen LogP contribution is -2.13. The molecule has 0 atom stereocenters. The summed E-state index contributed by atoms with van der Waals surface area (Å²) in [5.41, 5.74) is 0.883. The molecule has 2 aromatic carbocycles. The van der Waals surface area contributed by atoms with Crippen LogP contribution in [0.1, 0.15) is 13.3 Å². The lowest BCUT2D eigenvalue weighted by molar-refractivity contribution is -0.115. The molecule has 0 saturated carbocycles. The van der Waals surface area contributed by atoms with Crippen LogP contribution < -0.4 is 14.8 Å². The van der Waals surface area contributed by atoms with Crippen LogP contribution in [0.5, 0.6) is 11.5 Å². The van der Waals surface area contributed by atoms with E-state index in [1.54, 1.807) is 23.5 Å². The van der Waals surface area contributed by atoms with Gasteiger partial charge in [-0.3, -0.25) is 4.79 Å². The number of hydrogen-bond acceptors (Lipinski definition) is 5. The van der Waals surface area contributed by atoms with Gasteiger partial charge in [-0.1, -0.05) is 12.1 Å². The molecule has 0 unspecified atom stereocenters. The number of thioether (sulfide) groups is 2. The number of carbonyl (C=O) groups is 1. The first-order chi connectivity index (χ1) is 12.7. The maximum atomic E-state index is 12.0. The number of hydrogen-bond donors (Lipinski definition) is 1. The Morgan fingerprint density at radius 3 is 2.38 bits per heavy atom. The predicted octanol–water partition coefficient (Wildman–Crippen LogP) is 4.95. The Morgan fingerprint density at radius 1 is 1.00 bits per heavy atom. The molecule has 1 amide bonds. The maximum absolute atomic E-state index is 12.0. The minimum atomic E-state index is 0.0476. The predicted molar refractivity (Wildman–Crippen MR) is 112 cm³/mol. The molecule has 0 heterocycles. The maximum Gasteiger partial charge on any atom is 0.225 e. The quantitative estimate of drug-likeness (QED) is 0.434. The molecule has 140 valence electrons. The summed E-state index contributed by atoms with van der Waals surface area (Å²) < 4.78 is 11.1. The summed E-state index contributed by atoms with van der Waals surface area (Å²) in [6.45, 7) is 3.24. The Bertz CT molecular complexity index is 677. The Labute approximate surface area is 164 Å². The first-order valence-corrected chi connectivity index (χ1v) is 11.0. The largest absolute Gasteiger partial charge is 0.494 e. The van der Waals surface area contributed by atoms with Crippen molar-refractivity contribution < 1.29 is 14.3 Å². The van der Waals surface area contributed by atoms with Crippen molar-refractivity contribution in [2.45, 2.75) is 18.2 Å². The minimum Gasteiger partial charge on any atom is -0.494 e. The van der Waals surface area contributed by atoms with Gasteiger partial charge in [0.05, 0.1) is 18.9 Å². The van der Waals surface area contributed by atoms with Crippen molar-refractivity contribution >= 4 is 35.1 Å². The molecule has 6 heteroatoms. The third-order valence-corrected chi connectivity index (χ3v) is 5.23. The molecule has 2 rings (SSSR count). The van der Waals surface area contributed by atoms with E-state index in [2.05, 4.69) is 5.32 Å². The zero-order valence-electron chi connectivity index (χ0n) is 15.2. The fraction of sp³-hybridized carbons (Fsp3) is 0.350. The minimum absolute atomic E-state index is 0.0476. The fourth-order valence-electron chi connectivity index (χ4n) is 2.24. The van der Waals surface area contributed by atoms with Crippen LogP contribution >= 0.6 is 23.5 Å². The highest BCUT2D eigenvalue weighted by Gasteiger charge is 2.06. The molecule has 0 spiro atoms. The summed E-state index contributed by atoms with van der Waals surface area (Å²) in [5, 5.41) is 2.98. The van der Waals surface area contributed by atoms with E-state index < -0.39 is 0 Å². The van der Waals surface area contributed by atoms with Crippen molar-refractivity contribution in [1.29, 1.82) is 0 Å². The second-order valence-corrected chi connectivity index (χ2v) is 7.44. The highest BCUT2D eigenvalue weighted by atomic mass is 32.2. The highest BCUT2D eigenvalue weighted by molar-refractivity contribution is 7.99. The zero-order chi connectivity index (χ0) is 18.6. The van der Waals surface area contributed by atoms with E-state index in [4.69, 9.17) is 9.47 Å². The first kappa shape index (κ1) is 20.5. The van der Waals surface area contributed by atoms with Crippen LogP contribution in [0.4, 0.5) is 5.69 Å². The zero-order valence-corrected chi connectivity index (χ0v) is 16.8. The standard InChI is InChI=1S/C20H25NO3S2/c1-3-23-16-8-10-17(11-9-16)24-13-15-26-14-12-20(22)21-18-6-4-5-7-19(18)25-2/h4-11H,3,12-15H2,1-2H3,(H,21,22). The van der Waals surface area contributed by atoms with E-state index >= 15 is 0 Å². The number of anilines is 1. The van der Waals surface area contributed by atoms with Crippen molar-refractivity contribution in [1.82, 2.24) is 0 Å². The van der Waals surface area contributed by atoms with E-state index in [1.165, 1.54) is 0 Å². The summed E-state index contributed by atoms with van der Waals surface area (Å²) in [6, 6.07) is 15.5. The van der Waals surface area contributed by atoms with Crippen molar-refractivity contribution in [3.63, 3.8) is 0 Å². The molecule has 0 bridgehead atoms. The van der Waals surface area contributed by atoms with Gasteiger partial charge < -0.3 is 14.8 Å². The Balaban J connectivity index is 1.59. The van der Waals surface area contributed by atoms with Gasteiger partial charge in [-0.2, -0.15) is 11.8 Å². The fourth-order valence-corrected chi connectivity index (χ4v) is 3.53. The van der Waals surface area contributed by atoms with Gasteiger partial charge in [-0.15, -0.1) is 11.8 Å². The van der Waals surface area contributed by atoms with Crippen molar-refractivity contribution in [2.75, 3.05) is 36.3 Å². The SMILES string of the molecule is CCOc1ccc(OCCSCCC(=O)Nc2ccccc2SC)cc1. The van der Waals surface area contributed by atoms with Crippen LogP contribution in [0, 0.1) is 0 Å². The summed E-state index contributed by atoms with van der Waals surface area (Å²) in [6.07, 6.45) is 2.50. The van der Waals surface area contributed by atoms with Crippen molar-refractivity contribution in [3.05, 3.63) is 48.5 Å². The average molecular weight is 392 g/mol. The van der Waals surface area contributed by atoms with Gasteiger partial charge >= 0.3 is 0 Å². The summed E-state index contributed by atoms with van der Waals surface area (Å²) >= 11 is 3.35. The van der Waals surface area contributed by atoms with E-state index in [1.807, 2.05) is 61.7 Å². The van der Waals surface area contributed by atoms with Crippen LogP contribution in [0.25, 0.3) is 0 Å². The van der Waals surface area contributed by atoms with Gasteiger partial charge in [0.1, 0.15) is 11.5 Å². The third-order valence-electron chi connectivity index (χ3n) is 3.49. The first-order valence-electron chi connectivity index (χ1n) is 8.59. The number of carbonyl (C=O) groups excluding carboxylic acids is 1. The Kier molecular flexibility index (Phi) is 9.28. The van der Waals surface area contributed by atoms with Crippen molar-refractivity contribution in [3.8, 4) is 11.5 Å². The molecule has 0 aromatic heterocycles. The van der Waals surface area contributed by atoms with Crippen LogP contribution in [-0.2, 0) is 4.79 Å². The number of nitrogens with one attached hydrogen (secondary N) is 1. The molecule has 0 fully saturated rings. The smallest absolute Gasteiger partial charge is 0.225 e. The Morgan fingerprint density at radius 2 is 1.69 bits per heavy atom. The van der Waals surface area contributed by atoms with Crippen LogP contribution in [0.2, 0.25) is 0 Å². The lowest BCUT2D eigenvalue weighted by atomic mass is 10.3. The van der Waals surface area contributed by atoms with Crippen LogP contribution in [0.3, 0.4) is 0 Å². The molecule has 0 saturated heterocycles. The molecular formula is C20H25NO3S2. The van der Waals surface area contributed by atoms with Crippen molar-refractivity contribution in [2.24, 2.45) is 0 Å². The molecule has 0 aliphatic heterocycles. The van der Waals surface area contributed by atoms with E-state index in [0.29, 0.717) is 19.6 Å². The normalized spacial score (nSPS) is 10.4. The number of benzene rings is 2. The number of rotatable bonds is 11. The second-order valence-electron chi connectivity index (χ2n) is 5.36. The summed E-state index contributed by atoms with van der Waals surface area (Å²) in [7, 11) is 0. The highest BCUT2D eigenvalue weighted by Crippen LogP contribution is 2.24. The van der Waals surface area contributed by atoms with E-state index in [-0.39, 0.29) is 5.91 Å². The number of ether oxygens (including phenoxy) is 2. The third kappa shape index (κ3) is 7.22. The van der Waals surface area contributed by atoms with Gasteiger partial charge in [-0.25, -0.2) is 0 Å². The summed E-state index contributed by atoms with van der Waals surface area (Å²) in [5.74, 6) is 3.36. The van der Waals surface area contributed by atoms with Gasteiger partial charge in [-0.05, 0) is 49.6 Å². The summed E-state index contributed by atoms with van der Waals surface area (Å²) in [4.78, 5) is 13.1. The van der Waals surface area contributed by atoms with Gasteiger partial charge in [0, 0.05) is 22.8 Å². The number of amides is 1. The molecule has 0 radical (unpaired) electrons. The van der Waals surface area contributed by atoms with Crippen LogP contribution in [-0.4, -0.2) is 36.9 Å². The van der Waals surface area contributed by atoms with E-state index in [9.17, 15) is 4.79 Å². The molecular weight excluding hydrogens is 366 g/mol. The molecule has 4 nitrogen and oxygen atoms in total. The van der Waals surface area contributed by atoms with Gasteiger partial charge in [0.2, 0.25) is 5.91 Å². The molecule has 0 aliphatic carbocycles. The van der Waals surface area contributed by atoms with E-state index in [0.717, 1.165) is 33.6 Å². The monoisotopic (exact) mass is 391 g/mol. The van der Waals surface area contributed by atoms with Gasteiger partial charge in [0.25, 0.3) is 0 Å². The molecule has 2 aromatic rings. The molecule has 1 N–H and O–H groups in total. The molecule has 0 aliphatic rings. The van der Waals surface area contributed by atoms with Crippen LogP contribution in [0.15, 0.2) is 53.4 Å².